The van der Waals surface area contributed by atoms with Crippen LogP contribution in [0.25, 0.3) is 11.1 Å². The standard InChI is InChI=1S/C13H9.C10H15.C8H8.2ClH.Zr/c1-3-7-12-10(5-1)9-11-6-2-4-8-13(11)12;1-8-5-6-9(7-8)10(2,3)4;1-2-8-6-4-3-5-7-8;;;/h1-5,7-8H,9H2;6-8H,1-4H3;1,3-7H,2H2;2*1H;/q2*-1;;;;+2/p-2. The van der Waals surface area contributed by atoms with Gasteiger partial charge in [0.1, 0.15) is 0 Å². The van der Waals surface area contributed by atoms with Crippen molar-refractivity contribution < 1.29 is 49.0 Å². The molecule has 176 valence electrons. The van der Waals surface area contributed by atoms with Crippen LogP contribution in [0.3, 0.4) is 0 Å². The summed E-state index contributed by atoms with van der Waals surface area (Å²) in [5.41, 5.74) is 8.64. The Bertz CT molecular complexity index is 1050. The Balaban J connectivity index is 0.000000253. The molecular weight excluding hydrogens is 534 g/mol. The predicted octanol–water partition coefficient (Wildman–Crippen LogP) is 1.61. The van der Waals surface area contributed by atoms with Gasteiger partial charge in [-0.05, 0) is 6.42 Å². The number of fused-ring (bicyclic) bond motifs is 3. The summed E-state index contributed by atoms with van der Waals surface area (Å²) >= 11 is 1.51. The molecule has 3 aromatic carbocycles. The van der Waals surface area contributed by atoms with E-state index in [0.29, 0.717) is 11.3 Å². The molecule has 34 heavy (non-hydrogen) atoms. The van der Waals surface area contributed by atoms with Gasteiger partial charge in [-0.3, -0.25) is 6.08 Å². The van der Waals surface area contributed by atoms with E-state index in [1.165, 1.54) is 57.6 Å². The number of rotatable bonds is 2. The summed E-state index contributed by atoms with van der Waals surface area (Å²) < 4.78 is 2.25. The van der Waals surface area contributed by atoms with Crippen molar-refractivity contribution in [1.29, 1.82) is 0 Å². The van der Waals surface area contributed by atoms with Crippen molar-refractivity contribution in [2.24, 2.45) is 11.3 Å². The van der Waals surface area contributed by atoms with Crippen molar-refractivity contribution in [3.05, 3.63) is 119 Å². The third-order valence-corrected chi connectivity index (χ3v) is 6.10. The zero-order chi connectivity index (χ0) is 23.0. The van der Waals surface area contributed by atoms with Gasteiger partial charge in [0.25, 0.3) is 0 Å². The van der Waals surface area contributed by atoms with Gasteiger partial charge in [0.15, 0.2) is 0 Å². The van der Waals surface area contributed by atoms with Crippen molar-refractivity contribution in [1.82, 2.24) is 0 Å². The average Bonchev–Trinajstić information content (AvgIpc) is 3.39. The van der Waals surface area contributed by atoms with E-state index in [0.717, 1.165) is 12.8 Å². The molecule has 3 aromatic rings. The maximum atomic E-state index is 3.30. The maximum absolute atomic E-state index is 3.30. The Morgan fingerprint density at radius 2 is 1.56 bits per heavy atom. The first-order valence-electron chi connectivity index (χ1n) is 11.3. The Morgan fingerprint density at radius 3 is 2.15 bits per heavy atom. The van der Waals surface area contributed by atoms with Crippen LogP contribution in [-0.4, -0.2) is 3.71 Å². The number of halogens is 2. The van der Waals surface area contributed by atoms with Crippen molar-refractivity contribution in [3.8, 4) is 11.1 Å². The molecule has 0 aliphatic heterocycles. The molecule has 0 saturated carbocycles. The number of allylic oxidation sites excluding steroid dienone is 4. The van der Waals surface area contributed by atoms with E-state index in [1.54, 1.807) is 0 Å². The molecule has 3 heteroatoms. The van der Waals surface area contributed by atoms with Crippen LogP contribution in [0.15, 0.2) is 90.5 Å². The molecule has 0 nitrogen and oxygen atoms in total. The van der Waals surface area contributed by atoms with Crippen molar-refractivity contribution >= 4 is 3.71 Å². The van der Waals surface area contributed by atoms with E-state index >= 15 is 0 Å². The molecule has 0 heterocycles. The molecule has 0 radical (unpaired) electrons. The smallest absolute Gasteiger partial charge is 0.0253 e. The second kappa shape index (κ2) is 14.8. The van der Waals surface area contributed by atoms with E-state index in [4.69, 9.17) is 0 Å². The second-order valence-corrected chi connectivity index (χ2v) is 10.3. The number of hydrogen-bond donors (Lipinski definition) is 0. The van der Waals surface area contributed by atoms with Gasteiger partial charge in [-0.2, -0.15) is 41.5 Å². The molecule has 5 rings (SSSR count). The van der Waals surface area contributed by atoms with Gasteiger partial charge in [-0.1, -0.05) is 74.4 Å². The van der Waals surface area contributed by atoms with Crippen LogP contribution in [0.1, 0.15) is 44.4 Å². The SMILES string of the molecule is CC1[C-]=CC(C(C)(C)C)=C1.[Cl-].[Cl-].[Zr+2]=[CH]Cc1ccccc1.[c-]1cccc2c1Cc1ccccc1-2. The molecule has 0 saturated heterocycles. The van der Waals surface area contributed by atoms with Gasteiger partial charge in [-0.25, -0.2) is 6.08 Å². The fourth-order valence-electron chi connectivity index (χ4n) is 3.78. The van der Waals surface area contributed by atoms with Crippen molar-refractivity contribution in [2.75, 3.05) is 0 Å². The quantitative estimate of drug-likeness (QED) is 0.324. The molecule has 0 amide bonds. The zero-order valence-electron chi connectivity index (χ0n) is 20.4. The summed E-state index contributed by atoms with van der Waals surface area (Å²) in [5, 5.41) is 0. The monoisotopic (exact) mass is 564 g/mol. The van der Waals surface area contributed by atoms with Crippen LogP contribution in [0.5, 0.6) is 0 Å². The van der Waals surface area contributed by atoms with Crippen LogP contribution in [0, 0.1) is 23.5 Å². The van der Waals surface area contributed by atoms with Crippen LogP contribution in [0.2, 0.25) is 0 Å². The minimum Gasteiger partial charge on any atom is -0.179 e. The fraction of sp³-hybridized carbons (Fsp3) is 0.258. The predicted molar refractivity (Wildman–Crippen MR) is 134 cm³/mol. The molecule has 0 aromatic heterocycles. The third kappa shape index (κ3) is 8.92. The summed E-state index contributed by atoms with van der Waals surface area (Å²) in [5.74, 6) is 0.522. The summed E-state index contributed by atoms with van der Waals surface area (Å²) in [6, 6.07) is 28.6. The maximum Gasteiger partial charge on any atom is -0.0253 e. The average molecular weight is 567 g/mol. The number of benzene rings is 3. The van der Waals surface area contributed by atoms with Crippen LogP contribution >= 0.6 is 0 Å². The van der Waals surface area contributed by atoms with Gasteiger partial charge in [-0.15, -0.1) is 5.56 Å². The Kier molecular flexibility index (Phi) is 13.3. The van der Waals surface area contributed by atoms with Crippen molar-refractivity contribution in [2.45, 2.75) is 40.5 Å². The summed E-state index contributed by atoms with van der Waals surface area (Å²) in [7, 11) is 0. The molecule has 2 aliphatic carbocycles. The second-order valence-electron chi connectivity index (χ2n) is 9.26. The summed E-state index contributed by atoms with van der Waals surface area (Å²) in [4.78, 5) is 0. The molecule has 0 N–H and O–H groups in total. The van der Waals surface area contributed by atoms with Crippen molar-refractivity contribution in [3.63, 3.8) is 0 Å². The summed E-state index contributed by atoms with van der Waals surface area (Å²) in [6.07, 6.45) is 9.82. The Hall–Kier alpha value is -1.53. The van der Waals surface area contributed by atoms with Crippen LogP contribution in [-0.2, 0) is 37.1 Å². The van der Waals surface area contributed by atoms with E-state index in [-0.39, 0.29) is 24.8 Å². The fourth-order valence-corrected chi connectivity index (χ4v) is 4.36. The molecular formula is C31H32Cl2Zr-2. The minimum absolute atomic E-state index is 0. The molecule has 2 aliphatic rings. The Labute approximate surface area is 233 Å². The van der Waals surface area contributed by atoms with Gasteiger partial charge in [0.05, 0.1) is 0 Å². The van der Waals surface area contributed by atoms with Crippen LogP contribution < -0.4 is 24.8 Å². The van der Waals surface area contributed by atoms with Gasteiger partial charge < -0.3 is 24.8 Å². The van der Waals surface area contributed by atoms with E-state index < -0.39 is 0 Å². The zero-order valence-corrected chi connectivity index (χ0v) is 24.4. The van der Waals surface area contributed by atoms with Gasteiger partial charge in [0.2, 0.25) is 0 Å². The van der Waals surface area contributed by atoms with E-state index in [1.807, 2.05) is 12.1 Å². The normalized spacial score (nSPS) is 14.5. The topological polar surface area (TPSA) is 0 Å². The molecule has 0 bridgehead atoms. The summed E-state index contributed by atoms with van der Waals surface area (Å²) in [6.45, 7) is 8.86. The minimum atomic E-state index is 0. The third-order valence-electron chi connectivity index (χ3n) is 5.59. The molecule has 0 spiro atoms. The first kappa shape index (κ1) is 30.5. The first-order chi connectivity index (χ1) is 15.4. The van der Waals surface area contributed by atoms with Crippen LogP contribution in [0.4, 0.5) is 0 Å². The number of hydrogen-bond acceptors (Lipinski definition) is 0. The Morgan fingerprint density at radius 1 is 0.912 bits per heavy atom. The molecule has 1 unspecified atom stereocenters. The van der Waals surface area contributed by atoms with Gasteiger partial charge in [0, 0.05) is 0 Å². The molecule has 0 fully saturated rings. The first-order valence-corrected chi connectivity index (χ1v) is 12.7. The largest absolute Gasteiger partial charge is 0.179 e. The van der Waals surface area contributed by atoms with E-state index in [9.17, 15) is 0 Å². The molecule has 1 atom stereocenters. The van der Waals surface area contributed by atoms with Gasteiger partial charge >= 0.3 is 70.3 Å². The van der Waals surface area contributed by atoms with E-state index in [2.05, 4.69) is 116 Å².